The Morgan fingerprint density at radius 1 is 0.692 bits per heavy atom. The maximum atomic E-state index is 12.0. The van der Waals surface area contributed by atoms with Crippen LogP contribution in [0.5, 0.6) is 11.5 Å². The van der Waals surface area contributed by atoms with Crippen molar-refractivity contribution in [2.75, 3.05) is 14.2 Å². The Morgan fingerprint density at radius 2 is 1.04 bits per heavy atom. The van der Waals surface area contributed by atoms with Gasteiger partial charge in [-0.3, -0.25) is 0 Å². The lowest BCUT2D eigenvalue weighted by molar-refractivity contribution is 0.416. The van der Waals surface area contributed by atoms with Crippen LogP contribution in [0.2, 0.25) is 0 Å². The van der Waals surface area contributed by atoms with Crippen molar-refractivity contribution in [1.82, 2.24) is 0 Å². The molecule has 0 saturated heterocycles. The van der Waals surface area contributed by atoms with Gasteiger partial charge in [-0.05, 0) is 12.1 Å². The first kappa shape index (κ1) is 19.0. The van der Waals surface area contributed by atoms with E-state index in [2.05, 4.69) is 0 Å². The maximum absolute atomic E-state index is 12.0. The predicted octanol–water partition coefficient (Wildman–Crippen LogP) is 3.87. The lowest BCUT2D eigenvalue weighted by atomic mass is 10.0. The minimum atomic E-state index is -4.10. The number of rotatable bonds is 4. The number of fused-ring (bicyclic) bond motifs is 2. The first-order valence-corrected chi connectivity index (χ1v) is 11.7. The molecule has 0 fully saturated rings. The molecule has 6 nitrogen and oxygen atoms in total. The quantitative estimate of drug-likeness (QED) is 0.457. The van der Waals surface area contributed by atoms with Gasteiger partial charge in [-0.25, -0.2) is 16.8 Å². The molecule has 138 valence electrons. The van der Waals surface area contributed by atoms with Crippen molar-refractivity contribution >= 4 is 61.0 Å². The van der Waals surface area contributed by atoms with Gasteiger partial charge < -0.3 is 9.47 Å². The van der Waals surface area contributed by atoms with Gasteiger partial charge in [-0.15, -0.1) is 0 Å². The summed E-state index contributed by atoms with van der Waals surface area (Å²) in [6.45, 7) is 0. The van der Waals surface area contributed by atoms with Crippen molar-refractivity contribution in [3.63, 3.8) is 0 Å². The normalized spacial score (nSPS) is 12.5. The second kappa shape index (κ2) is 6.45. The SMILES string of the molecule is COc1c2cccc(S(=O)(=O)Cl)c2c(OC)c2cccc(S(=O)(=O)Cl)c12. The summed E-state index contributed by atoms with van der Waals surface area (Å²) in [6.07, 6.45) is 0. The molecule has 0 spiro atoms. The molecule has 0 unspecified atom stereocenters. The second-order valence-electron chi connectivity index (χ2n) is 5.30. The highest BCUT2D eigenvalue weighted by Gasteiger charge is 2.26. The third-order valence-corrected chi connectivity index (χ3v) is 6.66. The van der Waals surface area contributed by atoms with Gasteiger partial charge in [0.2, 0.25) is 0 Å². The fourth-order valence-electron chi connectivity index (χ4n) is 3.01. The Bertz CT molecular complexity index is 1150. The summed E-state index contributed by atoms with van der Waals surface area (Å²) in [7, 11) is 5.64. The van der Waals surface area contributed by atoms with Crippen LogP contribution >= 0.6 is 21.4 Å². The van der Waals surface area contributed by atoms with Crippen LogP contribution in [-0.2, 0) is 18.1 Å². The minimum Gasteiger partial charge on any atom is -0.495 e. The van der Waals surface area contributed by atoms with E-state index in [-0.39, 0.29) is 32.1 Å². The molecular weight excluding hydrogens is 423 g/mol. The fraction of sp³-hybridized carbons (Fsp3) is 0.125. The highest BCUT2D eigenvalue weighted by Crippen LogP contribution is 2.47. The van der Waals surface area contributed by atoms with E-state index in [0.29, 0.717) is 10.8 Å². The Morgan fingerprint density at radius 3 is 1.31 bits per heavy atom. The van der Waals surface area contributed by atoms with Crippen LogP contribution in [0.3, 0.4) is 0 Å². The fourth-order valence-corrected chi connectivity index (χ4v) is 5.16. The van der Waals surface area contributed by atoms with Crippen LogP contribution in [0, 0.1) is 0 Å². The van der Waals surface area contributed by atoms with E-state index in [9.17, 15) is 16.8 Å². The third kappa shape index (κ3) is 2.96. The van der Waals surface area contributed by atoms with Crippen LogP contribution in [0.25, 0.3) is 21.5 Å². The van der Waals surface area contributed by atoms with Gasteiger partial charge in [0.25, 0.3) is 18.1 Å². The number of benzene rings is 3. The summed E-state index contributed by atoms with van der Waals surface area (Å²) in [5.41, 5.74) is 0. The summed E-state index contributed by atoms with van der Waals surface area (Å²) in [5.74, 6) is 0.301. The number of hydrogen-bond acceptors (Lipinski definition) is 6. The maximum Gasteiger partial charge on any atom is 0.262 e. The molecule has 0 radical (unpaired) electrons. The van der Waals surface area contributed by atoms with Gasteiger partial charge in [0.05, 0.1) is 24.0 Å². The van der Waals surface area contributed by atoms with Crippen LogP contribution < -0.4 is 9.47 Å². The van der Waals surface area contributed by atoms with E-state index in [4.69, 9.17) is 30.8 Å². The Balaban J connectivity index is 2.76. The van der Waals surface area contributed by atoms with Crippen molar-refractivity contribution < 1.29 is 26.3 Å². The van der Waals surface area contributed by atoms with E-state index in [0.717, 1.165) is 0 Å². The summed E-state index contributed by atoms with van der Waals surface area (Å²) in [5, 5.41) is 1.04. The monoisotopic (exact) mass is 434 g/mol. The second-order valence-corrected chi connectivity index (χ2v) is 10.4. The van der Waals surface area contributed by atoms with Gasteiger partial charge in [-0.1, -0.05) is 24.3 Å². The van der Waals surface area contributed by atoms with Crippen molar-refractivity contribution in [2.45, 2.75) is 9.79 Å². The highest BCUT2D eigenvalue weighted by molar-refractivity contribution is 8.14. The average Bonchev–Trinajstić information content (AvgIpc) is 2.56. The lowest BCUT2D eigenvalue weighted by Crippen LogP contribution is -2.01. The van der Waals surface area contributed by atoms with Gasteiger partial charge in [0.15, 0.2) is 0 Å². The van der Waals surface area contributed by atoms with Crippen LogP contribution in [0.15, 0.2) is 46.2 Å². The molecule has 0 heterocycles. The molecule has 0 bridgehead atoms. The van der Waals surface area contributed by atoms with E-state index in [1.54, 1.807) is 12.1 Å². The van der Waals surface area contributed by atoms with Crippen molar-refractivity contribution in [3.05, 3.63) is 36.4 Å². The van der Waals surface area contributed by atoms with E-state index in [1.807, 2.05) is 0 Å². The Labute approximate surface area is 159 Å². The van der Waals surface area contributed by atoms with Gasteiger partial charge >= 0.3 is 0 Å². The summed E-state index contributed by atoms with van der Waals surface area (Å²) < 4.78 is 59.0. The molecule has 0 aliphatic heterocycles. The van der Waals surface area contributed by atoms with Gasteiger partial charge in [0.1, 0.15) is 11.5 Å². The summed E-state index contributed by atoms with van der Waals surface area (Å²) in [4.78, 5) is -0.347. The van der Waals surface area contributed by atoms with E-state index >= 15 is 0 Å². The standard InChI is InChI=1S/C16H12Cl2O6S2/c1-23-15-9-5-3-8-12(26(18,21)22)14(9)16(24-2)10-6-4-7-11(13(10)15)25(17,19)20/h3-8H,1-2H3. The Kier molecular flexibility index (Phi) is 4.72. The van der Waals surface area contributed by atoms with Gasteiger partial charge in [0, 0.05) is 42.9 Å². The number of halogens is 2. The van der Waals surface area contributed by atoms with E-state index < -0.39 is 18.1 Å². The number of hydrogen-bond donors (Lipinski definition) is 0. The molecule has 0 aliphatic carbocycles. The topological polar surface area (TPSA) is 86.7 Å². The smallest absolute Gasteiger partial charge is 0.262 e. The molecule has 0 aliphatic rings. The molecule has 3 aromatic rings. The molecular formula is C16H12Cl2O6S2. The first-order chi connectivity index (χ1) is 12.1. The Hall–Kier alpha value is -1.74. The zero-order valence-electron chi connectivity index (χ0n) is 13.5. The number of methoxy groups -OCH3 is 2. The molecule has 0 N–H and O–H groups in total. The molecule has 0 saturated carbocycles. The molecule has 3 rings (SSSR count). The predicted molar refractivity (Wildman–Crippen MR) is 101 cm³/mol. The molecule has 0 amide bonds. The molecule has 26 heavy (non-hydrogen) atoms. The van der Waals surface area contributed by atoms with Crippen molar-refractivity contribution in [2.24, 2.45) is 0 Å². The van der Waals surface area contributed by atoms with Crippen LogP contribution in [0.4, 0.5) is 0 Å². The zero-order chi connectivity index (χ0) is 19.3. The lowest BCUT2D eigenvalue weighted by Gasteiger charge is -2.17. The van der Waals surface area contributed by atoms with Gasteiger partial charge in [-0.2, -0.15) is 0 Å². The largest absolute Gasteiger partial charge is 0.495 e. The summed E-state index contributed by atoms with van der Waals surface area (Å²) in [6, 6.07) is 8.78. The van der Waals surface area contributed by atoms with Crippen LogP contribution in [0.1, 0.15) is 0 Å². The number of ether oxygens (including phenoxy) is 2. The third-order valence-electron chi connectivity index (χ3n) is 3.93. The van der Waals surface area contributed by atoms with Crippen LogP contribution in [-0.4, -0.2) is 31.1 Å². The van der Waals surface area contributed by atoms with Crippen molar-refractivity contribution in [1.29, 1.82) is 0 Å². The highest BCUT2D eigenvalue weighted by atomic mass is 35.7. The molecule has 3 aromatic carbocycles. The molecule has 0 aromatic heterocycles. The molecule has 0 atom stereocenters. The molecule has 10 heteroatoms. The minimum absolute atomic E-state index is 0.151. The summed E-state index contributed by atoms with van der Waals surface area (Å²) >= 11 is 0. The zero-order valence-corrected chi connectivity index (χ0v) is 16.6. The average molecular weight is 435 g/mol. The van der Waals surface area contributed by atoms with E-state index in [1.165, 1.54) is 38.5 Å². The van der Waals surface area contributed by atoms with Crippen molar-refractivity contribution in [3.8, 4) is 11.5 Å². The first-order valence-electron chi connectivity index (χ1n) is 7.10.